The summed E-state index contributed by atoms with van der Waals surface area (Å²) in [7, 11) is 5.71. The van der Waals surface area contributed by atoms with E-state index in [9.17, 15) is 29.8 Å². The molecule has 52 heavy (non-hydrogen) atoms. The number of rotatable bonds is 10. The maximum absolute atomic E-state index is 12.8. The number of nitrogens with zero attached hydrogens (tertiary/aromatic N) is 2. The molecule has 0 saturated heterocycles. The third-order valence-corrected chi connectivity index (χ3v) is 7.62. The zero-order valence-corrected chi connectivity index (χ0v) is 29.7. The fourth-order valence-corrected chi connectivity index (χ4v) is 5.24. The average Bonchev–Trinajstić information content (AvgIpc) is 3.10. The maximum atomic E-state index is 12.8. The third-order valence-electron chi connectivity index (χ3n) is 7.62. The van der Waals surface area contributed by atoms with Gasteiger partial charge in [-0.05, 0) is 70.1 Å². The molecular weight excluding hydrogens is 680 g/mol. The van der Waals surface area contributed by atoms with Crippen molar-refractivity contribution in [2.24, 2.45) is 0 Å². The Kier molecular flexibility index (Phi) is 11.4. The van der Waals surface area contributed by atoms with E-state index in [2.05, 4.69) is 11.8 Å². The van der Waals surface area contributed by atoms with Gasteiger partial charge in [0.1, 0.15) is 52.1 Å². The molecule has 15 heteroatoms. The Morgan fingerprint density at radius 2 is 1.33 bits per heavy atom. The van der Waals surface area contributed by atoms with Crippen molar-refractivity contribution in [3.63, 3.8) is 0 Å². The lowest BCUT2D eigenvalue weighted by Crippen LogP contribution is -2.28. The lowest BCUT2D eigenvalue weighted by molar-refractivity contribution is -0.385. The van der Waals surface area contributed by atoms with Gasteiger partial charge in [-0.25, -0.2) is 0 Å². The number of hydrogen-bond acceptors (Lipinski definition) is 13. The van der Waals surface area contributed by atoms with Crippen LogP contribution in [0.2, 0.25) is 0 Å². The summed E-state index contributed by atoms with van der Waals surface area (Å²) in [5, 5.41) is 22.7. The fourth-order valence-electron chi connectivity index (χ4n) is 5.24. The molecule has 0 N–H and O–H groups in total. The predicted molar refractivity (Wildman–Crippen MR) is 189 cm³/mol. The molecule has 5 rings (SSSR count). The van der Waals surface area contributed by atoms with Crippen molar-refractivity contribution in [1.82, 2.24) is 0 Å². The Bertz CT molecular complexity index is 2050. The van der Waals surface area contributed by atoms with Crippen LogP contribution in [0.1, 0.15) is 59.5 Å². The van der Waals surface area contributed by atoms with Crippen LogP contribution in [0.15, 0.2) is 42.5 Å². The summed E-state index contributed by atoms with van der Waals surface area (Å²) in [6.07, 6.45) is 7.46. The molecule has 0 aromatic heterocycles. The summed E-state index contributed by atoms with van der Waals surface area (Å²) >= 11 is 0. The number of aldehydes is 1. The molecule has 0 saturated carbocycles. The molecule has 3 aromatic carbocycles. The van der Waals surface area contributed by atoms with Crippen LogP contribution in [-0.2, 0) is 0 Å². The van der Waals surface area contributed by atoms with E-state index in [-0.39, 0.29) is 40.7 Å². The second-order valence-electron chi connectivity index (χ2n) is 12.1. The normalized spacial score (nSPS) is 13.8. The van der Waals surface area contributed by atoms with Crippen LogP contribution in [0.4, 0.5) is 11.4 Å². The lowest BCUT2D eigenvalue weighted by Gasteiger charge is -2.28. The van der Waals surface area contributed by atoms with Crippen LogP contribution in [-0.4, -0.2) is 68.2 Å². The Labute approximate surface area is 299 Å². The van der Waals surface area contributed by atoms with Crippen molar-refractivity contribution < 1.29 is 52.6 Å². The van der Waals surface area contributed by atoms with E-state index in [0.717, 1.165) is 0 Å². The number of methoxy groups -OCH3 is 4. The van der Waals surface area contributed by atoms with E-state index in [1.54, 1.807) is 42.5 Å². The van der Waals surface area contributed by atoms with E-state index < -0.39 is 32.5 Å². The molecule has 272 valence electrons. The Morgan fingerprint density at radius 3 is 1.83 bits per heavy atom. The van der Waals surface area contributed by atoms with Gasteiger partial charge >= 0.3 is 0 Å². The number of fused-ring (bicyclic) bond motifs is 2. The van der Waals surface area contributed by atoms with Gasteiger partial charge in [-0.3, -0.25) is 29.8 Å². The molecule has 15 nitrogen and oxygen atoms in total. The van der Waals surface area contributed by atoms with E-state index in [1.807, 2.05) is 27.7 Å². The van der Waals surface area contributed by atoms with Gasteiger partial charge in [-0.15, -0.1) is 0 Å². The summed E-state index contributed by atoms with van der Waals surface area (Å²) < 4.78 is 37.9. The van der Waals surface area contributed by atoms with E-state index in [1.165, 1.54) is 40.6 Å². The van der Waals surface area contributed by atoms with Crippen LogP contribution in [0.25, 0.3) is 12.2 Å². The minimum atomic E-state index is -0.768. The molecule has 3 aromatic rings. The molecule has 0 aliphatic carbocycles. The lowest BCUT2D eigenvalue weighted by atomic mass is 9.96. The number of Topliss-reactive ketones (excluding diaryl/α,β-unsaturated/α-hetero) is 1. The van der Waals surface area contributed by atoms with E-state index in [4.69, 9.17) is 33.2 Å². The average molecular weight is 717 g/mol. The summed E-state index contributed by atoms with van der Waals surface area (Å²) in [5.41, 5.74) is -1.34. The van der Waals surface area contributed by atoms with Crippen LogP contribution in [0.5, 0.6) is 40.2 Å². The van der Waals surface area contributed by atoms with Crippen molar-refractivity contribution in [3.05, 3.63) is 85.0 Å². The third kappa shape index (κ3) is 8.24. The number of ketones is 1. The van der Waals surface area contributed by atoms with Crippen molar-refractivity contribution in [2.45, 2.75) is 38.9 Å². The zero-order chi connectivity index (χ0) is 38.4. The zero-order valence-electron chi connectivity index (χ0n) is 29.7. The molecule has 0 fully saturated rings. The first kappa shape index (κ1) is 38.2. The monoisotopic (exact) mass is 716 g/mol. The van der Waals surface area contributed by atoms with Gasteiger partial charge in [-0.1, -0.05) is 5.92 Å². The van der Waals surface area contributed by atoms with Gasteiger partial charge in [0.25, 0.3) is 11.4 Å². The highest BCUT2D eigenvalue weighted by Crippen LogP contribution is 2.45. The standard InChI is InChI=1S/C24H23NO8.C13H13NO5/c1-24(2)11-10-16-20(33-24)14-17(25(27)28)22(23(16)31-5)18(26)7-6-12-32-15-8-9-19(29-3)21(13-15)30-4;1-13(2)5-4-8-11(19-13)6-10(14(16)17)9(7-15)12(8)18-3/h8-11,13-14H,12H2,1-5H3;4-7H,1-3H3. The summed E-state index contributed by atoms with van der Waals surface area (Å²) in [4.78, 5) is 45.3. The SMILES string of the molecule is COc1c2c(cc([N+](=O)[O-])c1C=O)OC(C)(C)C=C2.COc1ccc(OCC#CC(=O)c2c([N+](=O)[O-])cc3c(c2OC)C=CC(C)(C)O3)cc1OC. The number of carbonyl (C=O) groups is 2. The van der Waals surface area contributed by atoms with Crippen LogP contribution < -0.4 is 33.2 Å². The Hall–Kier alpha value is -6.56. The molecule has 0 atom stereocenters. The van der Waals surface area contributed by atoms with Gasteiger partial charge in [0.15, 0.2) is 23.3 Å². The molecule has 0 amide bonds. The maximum Gasteiger partial charge on any atom is 0.288 e. The van der Waals surface area contributed by atoms with Crippen molar-refractivity contribution in [1.29, 1.82) is 0 Å². The molecule has 0 radical (unpaired) electrons. The van der Waals surface area contributed by atoms with Crippen LogP contribution in [0.3, 0.4) is 0 Å². The molecule has 2 heterocycles. The van der Waals surface area contributed by atoms with Crippen molar-refractivity contribution in [2.75, 3.05) is 35.0 Å². The first-order valence-corrected chi connectivity index (χ1v) is 15.5. The topological polar surface area (TPSA) is 185 Å². The summed E-state index contributed by atoms with van der Waals surface area (Å²) in [6, 6.07) is 7.43. The van der Waals surface area contributed by atoms with Gasteiger partial charge in [0, 0.05) is 6.07 Å². The van der Waals surface area contributed by atoms with Gasteiger partial charge in [-0.2, -0.15) is 0 Å². The second-order valence-corrected chi connectivity index (χ2v) is 12.1. The highest BCUT2D eigenvalue weighted by atomic mass is 16.6. The smallest absolute Gasteiger partial charge is 0.288 e. The molecule has 0 bridgehead atoms. The number of nitro groups is 2. The van der Waals surface area contributed by atoms with Gasteiger partial charge in [0.05, 0.1) is 61.5 Å². The largest absolute Gasteiger partial charge is 0.495 e. The van der Waals surface area contributed by atoms with Crippen LogP contribution >= 0.6 is 0 Å². The van der Waals surface area contributed by atoms with Crippen LogP contribution in [0, 0.1) is 32.1 Å². The predicted octanol–water partition coefficient (Wildman–Crippen LogP) is 6.67. The molecular formula is C37H36N2O13. The minimum absolute atomic E-state index is 0.0334. The number of benzene rings is 3. The Morgan fingerprint density at radius 1 is 0.788 bits per heavy atom. The first-order valence-electron chi connectivity index (χ1n) is 15.5. The van der Waals surface area contributed by atoms with Crippen molar-refractivity contribution in [3.8, 4) is 52.1 Å². The van der Waals surface area contributed by atoms with E-state index in [0.29, 0.717) is 40.4 Å². The van der Waals surface area contributed by atoms with Gasteiger partial charge < -0.3 is 33.2 Å². The van der Waals surface area contributed by atoms with Crippen molar-refractivity contribution >= 4 is 35.6 Å². The number of carbonyl (C=O) groups excluding carboxylic acids is 2. The summed E-state index contributed by atoms with van der Waals surface area (Å²) in [6.45, 7) is 7.16. The number of ether oxygens (including phenoxy) is 7. The quantitative estimate of drug-likeness (QED) is 0.0541. The fraction of sp³-hybridized carbons (Fsp3) is 0.297. The second kappa shape index (κ2) is 15.5. The van der Waals surface area contributed by atoms with E-state index >= 15 is 0 Å². The molecule has 2 aliphatic rings. The number of hydrogen-bond donors (Lipinski definition) is 0. The highest BCUT2D eigenvalue weighted by molar-refractivity contribution is 6.14. The number of nitro benzene ring substituents is 2. The molecule has 0 unspecified atom stereocenters. The highest BCUT2D eigenvalue weighted by Gasteiger charge is 2.34. The Balaban J connectivity index is 0.000000269. The minimum Gasteiger partial charge on any atom is -0.495 e. The van der Waals surface area contributed by atoms with Gasteiger partial charge in [0.2, 0.25) is 5.78 Å². The molecule has 2 aliphatic heterocycles. The molecule has 0 spiro atoms. The first-order chi connectivity index (χ1) is 24.6. The summed E-state index contributed by atoms with van der Waals surface area (Å²) in [5.74, 6) is 6.47.